The van der Waals surface area contributed by atoms with Crippen LogP contribution in [0.15, 0.2) is 42.5 Å². The van der Waals surface area contributed by atoms with Gasteiger partial charge in [0.1, 0.15) is 0 Å². The minimum Gasteiger partial charge on any atom is -0.309 e. The zero-order valence-electron chi connectivity index (χ0n) is 8.53. The Hall–Kier alpha value is -1.63. The molecule has 2 aromatic carbocycles. The summed E-state index contributed by atoms with van der Waals surface area (Å²) in [7, 11) is 0. The first-order valence-corrected chi connectivity index (χ1v) is 5.38. The molecule has 1 aliphatic carbocycles. The highest BCUT2D eigenvalue weighted by Crippen LogP contribution is 2.29. The van der Waals surface area contributed by atoms with Gasteiger partial charge in [-0.25, -0.2) is 0 Å². The maximum absolute atomic E-state index is 7.48. The van der Waals surface area contributed by atoms with Gasteiger partial charge in [-0.15, -0.1) is 0 Å². The highest BCUT2D eigenvalue weighted by atomic mass is 14.5. The van der Waals surface area contributed by atoms with Crippen molar-refractivity contribution < 1.29 is 0 Å². The standard InChI is InChI=1S/C14H13N/c15-14-9-13(14)8-10-5-6-11-3-1-2-4-12(11)7-10/h1-7,13,15H,8-9H2. The molecular formula is C14H13N. The first-order chi connectivity index (χ1) is 7.33. The molecule has 15 heavy (non-hydrogen) atoms. The number of nitrogens with one attached hydrogen (secondary N) is 1. The minimum absolute atomic E-state index is 0.533. The van der Waals surface area contributed by atoms with Crippen LogP contribution in [0.4, 0.5) is 0 Å². The lowest BCUT2D eigenvalue weighted by atomic mass is 10.0. The van der Waals surface area contributed by atoms with Crippen LogP contribution in [0.25, 0.3) is 10.8 Å². The Kier molecular flexibility index (Phi) is 1.84. The molecule has 1 N–H and O–H groups in total. The fraction of sp³-hybridized carbons (Fsp3) is 0.214. The zero-order valence-corrected chi connectivity index (χ0v) is 8.53. The highest BCUT2D eigenvalue weighted by molar-refractivity contribution is 5.98. The molecule has 1 aliphatic rings. The number of benzene rings is 2. The smallest absolute Gasteiger partial charge is 0.0134 e. The Morgan fingerprint density at radius 1 is 1.07 bits per heavy atom. The van der Waals surface area contributed by atoms with Crippen LogP contribution < -0.4 is 0 Å². The van der Waals surface area contributed by atoms with Crippen LogP contribution in [0.3, 0.4) is 0 Å². The summed E-state index contributed by atoms with van der Waals surface area (Å²) in [4.78, 5) is 0. The molecule has 3 rings (SSSR count). The van der Waals surface area contributed by atoms with E-state index in [-0.39, 0.29) is 0 Å². The minimum atomic E-state index is 0.533. The number of hydrogen-bond donors (Lipinski definition) is 1. The van der Waals surface area contributed by atoms with E-state index in [4.69, 9.17) is 5.41 Å². The van der Waals surface area contributed by atoms with Gasteiger partial charge in [-0.2, -0.15) is 0 Å². The Morgan fingerprint density at radius 2 is 1.80 bits per heavy atom. The molecule has 1 fully saturated rings. The van der Waals surface area contributed by atoms with Gasteiger partial charge in [-0.05, 0) is 29.2 Å². The molecule has 1 heteroatoms. The lowest BCUT2D eigenvalue weighted by Gasteiger charge is -2.01. The SMILES string of the molecule is N=C1CC1Cc1ccc2ccccc2c1. The van der Waals surface area contributed by atoms with Crippen LogP contribution in [-0.4, -0.2) is 5.71 Å². The lowest BCUT2D eigenvalue weighted by molar-refractivity contribution is 0.876. The van der Waals surface area contributed by atoms with Crippen molar-refractivity contribution in [1.82, 2.24) is 0 Å². The van der Waals surface area contributed by atoms with Crippen LogP contribution in [0, 0.1) is 11.3 Å². The van der Waals surface area contributed by atoms with Crippen LogP contribution in [0.5, 0.6) is 0 Å². The van der Waals surface area contributed by atoms with Gasteiger partial charge in [-0.1, -0.05) is 42.5 Å². The summed E-state index contributed by atoms with van der Waals surface area (Å²) in [5, 5.41) is 10.1. The fourth-order valence-corrected chi connectivity index (χ4v) is 2.05. The van der Waals surface area contributed by atoms with Crippen molar-refractivity contribution in [3.8, 4) is 0 Å². The third kappa shape index (κ3) is 1.65. The molecule has 0 saturated heterocycles. The molecule has 1 atom stereocenters. The summed E-state index contributed by atoms with van der Waals surface area (Å²) < 4.78 is 0. The van der Waals surface area contributed by atoms with E-state index in [0.717, 1.165) is 18.6 Å². The van der Waals surface area contributed by atoms with E-state index >= 15 is 0 Å². The van der Waals surface area contributed by atoms with E-state index in [1.165, 1.54) is 16.3 Å². The Bertz CT molecular complexity index is 528. The first kappa shape index (κ1) is 8.66. The number of fused-ring (bicyclic) bond motifs is 1. The number of hydrogen-bond acceptors (Lipinski definition) is 1. The van der Waals surface area contributed by atoms with Crippen LogP contribution >= 0.6 is 0 Å². The van der Waals surface area contributed by atoms with Crippen LogP contribution in [0.1, 0.15) is 12.0 Å². The van der Waals surface area contributed by atoms with Gasteiger partial charge in [0.2, 0.25) is 0 Å². The average Bonchev–Trinajstić information content (AvgIpc) is 2.94. The molecule has 0 radical (unpaired) electrons. The molecular weight excluding hydrogens is 182 g/mol. The molecule has 1 nitrogen and oxygen atoms in total. The molecule has 1 saturated carbocycles. The third-order valence-corrected chi connectivity index (χ3v) is 3.09. The Morgan fingerprint density at radius 3 is 2.53 bits per heavy atom. The largest absolute Gasteiger partial charge is 0.309 e. The number of rotatable bonds is 2. The van der Waals surface area contributed by atoms with Gasteiger partial charge < -0.3 is 5.41 Å². The maximum Gasteiger partial charge on any atom is 0.0134 e. The van der Waals surface area contributed by atoms with Crippen molar-refractivity contribution in [3.63, 3.8) is 0 Å². The lowest BCUT2D eigenvalue weighted by Crippen LogP contribution is -1.88. The molecule has 1 unspecified atom stereocenters. The van der Waals surface area contributed by atoms with E-state index in [1.807, 2.05) is 0 Å². The van der Waals surface area contributed by atoms with Crippen molar-refractivity contribution >= 4 is 16.5 Å². The van der Waals surface area contributed by atoms with Crippen LogP contribution in [-0.2, 0) is 6.42 Å². The van der Waals surface area contributed by atoms with Crippen molar-refractivity contribution in [2.45, 2.75) is 12.8 Å². The topological polar surface area (TPSA) is 23.9 Å². The zero-order chi connectivity index (χ0) is 10.3. The molecule has 0 bridgehead atoms. The quantitative estimate of drug-likeness (QED) is 0.759. The monoisotopic (exact) mass is 195 g/mol. The van der Waals surface area contributed by atoms with Gasteiger partial charge in [0.25, 0.3) is 0 Å². The summed E-state index contributed by atoms with van der Waals surface area (Å²) in [6.07, 6.45) is 2.05. The van der Waals surface area contributed by atoms with E-state index in [0.29, 0.717) is 5.92 Å². The van der Waals surface area contributed by atoms with Crippen molar-refractivity contribution in [2.75, 3.05) is 0 Å². The van der Waals surface area contributed by atoms with E-state index in [2.05, 4.69) is 42.5 Å². The average molecular weight is 195 g/mol. The Balaban J connectivity index is 1.95. The molecule has 2 aromatic rings. The first-order valence-electron chi connectivity index (χ1n) is 5.38. The van der Waals surface area contributed by atoms with Gasteiger partial charge in [0, 0.05) is 11.6 Å². The highest BCUT2D eigenvalue weighted by Gasteiger charge is 2.29. The molecule has 0 aliphatic heterocycles. The van der Waals surface area contributed by atoms with E-state index in [9.17, 15) is 0 Å². The van der Waals surface area contributed by atoms with Gasteiger partial charge >= 0.3 is 0 Å². The summed E-state index contributed by atoms with van der Waals surface area (Å²) in [5.41, 5.74) is 2.28. The predicted octanol–water partition coefficient (Wildman–Crippen LogP) is 3.42. The summed E-state index contributed by atoms with van der Waals surface area (Å²) in [6, 6.07) is 15.0. The summed E-state index contributed by atoms with van der Waals surface area (Å²) in [6.45, 7) is 0. The van der Waals surface area contributed by atoms with E-state index < -0.39 is 0 Å². The van der Waals surface area contributed by atoms with Gasteiger partial charge in [0.15, 0.2) is 0 Å². The Labute approximate surface area is 89.3 Å². The fourth-order valence-electron chi connectivity index (χ4n) is 2.05. The third-order valence-electron chi connectivity index (χ3n) is 3.09. The van der Waals surface area contributed by atoms with Crippen molar-refractivity contribution in [1.29, 1.82) is 5.41 Å². The normalized spacial score (nSPS) is 19.5. The van der Waals surface area contributed by atoms with Crippen molar-refractivity contribution in [3.05, 3.63) is 48.0 Å². The molecule has 74 valence electrons. The molecule has 0 amide bonds. The second-order valence-corrected chi connectivity index (χ2v) is 4.31. The second kappa shape index (κ2) is 3.20. The molecule has 0 spiro atoms. The maximum atomic E-state index is 7.48. The predicted molar refractivity (Wildman–Crippen MR) is 63.5 cm³/mol. The molecule has 0 heterocycles. The van der Waals surface area contributed by atoms with Crippen molar-refractivity contribution in [2.24, 2.45) is 5.92 Å². The van der Waals surface area contributed by atoms with Gasteiger partial charge in [0.05, 0.1) is 0 Å². The van der Waals surface area contributed by atoms with Gasteiger partial charge in [-0.3, -0.25) is 0 Å². The summed E-state index contributed by atoms with van der Waals surface area (Å²) in [5.74, 6) is 0.533. The van der Waals surface area contributed by atoms with Crippen LogP contribution in [0.2, 0.25) is 0 Å². The molecule has 0 aromatic heterocycles. The second-order valence-electron chi connectivity index (χ2n) is 4.31. The van der Waals surface area contributed by atoms with E-state index in [1.54, 1.807) is 0 Å². The summed E-state index contributed by atoms with van der Waals surface area (Å²) >= 11 is 0.